The number of phenols is 1. The van der Waals surface area contributed by atoms with E-state index in [1.807, 2.05) is 32.9 Å². The van der Waals surface area contributed by atoms with Gasteiger partial charge in [0.05, 0.1) is 6.10 Å². The molecular weight excluding hydrogens is 268 g/mol. The number of urea groups is 1. The van der Waals surface area contributed by atoms with Crippen molar-refractivity contribution in [2.45, 2.75) is 45.8 Å². The van der Waals surface area contributed by atoms with E-state index in [0.717, 1.165) is 5.56 Å². The standard InChI is InChI=1S/C16H26N2O3/c1-11(2)15(20)8-9-17-16(21)18-12(3)10-13-4-6-14(19)7-5-13/h4-7,11-12,15,19-20H,8-10H2,1-3H3,(H2,17,18,21). The van der Waals surface area contributed by atoms with E-state index >= 15 is 0 Å². The van der Waals surface area contributed by atoms with Crippen molar-refractivity contribution in [3.63, 3.8) is 0 Å². The molecule has 0 spiro atoms. The monoisotopic (exact) mass is 294 g/mol. The SMILES string of the molecule is CC(Cc1ccc(O)cc1)NC(=O)NCCC(O)C(C)C. The predicted octanol–water partition coefficient (Wildman–Crippen LogP) is 2.03. The topological polar surface area (TPSA) is 81.6 Å². The van der Waals surface area contributed by atoms with E-state index in [1.54, 1.807) is 12.1 Å². The first-order valence-corrected chi connectivity index (χ1v) is 7.38. The summed E-state index contributed by atoms with van der Waals surface area (Å²) in [4.78, 5) is 11.7. The summed E-state index contributed by atoms with van der Waals surface area (Å²) in [5, 5.41) is 24.5. The van der Waals surface area contributed by atoms with Crippen LogP contribution in [0.4, 0.5) is 4.79 Å². The fourth-order valence-corrected chi connectivity index (χ4v) is 1.98. The minimum absolute atomic E-state index is 0.00966. The Bertz CT molecular complexity index is 432. The maximum absolute atomic E-state index is 11.7. The van der Waals surface area contributed by atoms with Crippen molar-refractivity contribution in [2.24, 2.45) is 5.92 Å². The Morgan fingerprint density at radius 3 is 2.38 bits per heavy atom. The molecule has 1 aromatic rings. The molecule has 2 atom stereocenters. The van der Waals surface area contributed by atoms with Crippen molar-refractivity contribution in [1.29, 1.82) is 0 Å². The van der Waals surface area contributed by atoms with Gasteiger partial charge in [0.2, 0.25) is 0 Å². The van der Waals surface area contributed by atoms with Crippen LogP contribution in [0.15, 0.2) is 24.3 Å². The van der Waals surface area contributed by atoms with Gasteiger partial charge in [0.15, 0.2) is 0 Å². The number of benzene rings is 1. The summed E-state index contributed by atoms with van der Waals surface area (Å²) in [6, 6.07) is 6.71. The van der Waals surface area contributed by atoms with E-state index < -0.39 is 0 Å². The fraction of sp³-hybridized carbons (Fsp3) is 0.562. The van der Waals surface area contributed by atoms with Crippen LogP contribution in [0, 0.1) is 5.92 Å². The molecule has 0 radical (unpaired) electrons. The van der Waals surface area contributed by atoms with Gasteiger partial charge in [0.25, 0.3) is 0 Å². The maximum atomic E-state index is 11.7. The second-order valence-corrected chi connectivity index (χ2v) is 5.77. The van der Waals surface area contributed by atoms with E-state index in [-0.39, 0.29) is 29.8 Å². The lowest BCUT2D eigenvalue weighted by Gasteiger charge is -2.17. The molecule has 5 heteroatoms. The highest BCUT2D eigenvalue weighted by atomic mass is 16.3. The third-order valence-electron chi connectivity index (χ3n) is 3.35. The molecule has 2 unspecified atom stereocenters. The Kier molecular flexibility index (Phi) is 7.02. The molecule has 0 aliphatic carbocycles. The molecule has 5 nitrogen and oxygen atoms in total. The number of phenolic OH excluding ortho intramolecular Hbond substituents is 1. The van der Waals surface area contributed by atoms with E-state index in [0.29, 0.717) is 19.4 Å². The van der Waals surface area contributed by atoms with Crippen molar-refractivity contribution in [2.75, 3.05) is 6.54 Å². The number of hydrogen-bond donors (Lipinski definition) is 4. The molecule has 0 bridgehead atoms. The summed E-state index contributed by atoms with van der Waals surface area (Å²) < 4.78 is 0. The molecule has 0 aliphatic heterocycles. The number of carbonyl (C=O) groups is 1. The average Bonchev–Trinajstić information content (AvgIpc) is 2.41. The Labute approximate surface area is 126 Å². The number of aliphatic hydroxyl groups is 1. The van der Waals surface area contributed by atoms with Gasteiger partial charge in [0.1, 0.15) is 5.75 Å². The van der Waals surface area contributed by atoms with Gasteiger partial charge < -0.3 is 20.8 Å². The summed E-state index contributed by atoms with van der Waals surface area (Å²) >= 11 is 0. The molecule has 0 aliphatic rings. The molecule has 2 amide bonds. The van der Waals surface area contributed by atoms with E-state index in [9.17, 15) is 15.0 Å². The Morgan fingerprint density at radius 1 is 1.19 bits per heavy atom. The van der Waals surface area contributed by atoms with Gasteiger partial charge in [-0.05, 0) is 43.4 Å². The molecule has 118 valence electrons. The largest absolute Gasteiger partial charge is 0.508 e. The van der Waals surface area contributed by atoms with Gasteiger partial charge >= 0.3 is 6.03 Å². The van der Waals surface area contributed by atoms with Crippen molar-refractivity contribution in [1.82, 2.24) is 10.6 Å². The molecular formula is C16H26N2O3. The first-order valence-electron chi connectivity index (χ1n) is 7.38. The van der Waals surface area contributed by atoms with Gasteiger partial charge in [-0.15, -0.1) is 0 Å². The van der Waals surface area contributed by atoms with E-state index in [2.05, 4.69) is 10.6 Å². The third kappa shape index (κ3) is 6.99. The van der Waals surface area contributed by atoms with Gasteiger partial charge in [-0.1, -0.05) is 26.0 Å². The maximum Gasteiger partial charge on any atom is 0.315 e. The van der Waals surface area contributed by atoms with Crippen LogP contribution in [0.25, 0.3) is 0 Å². The quantitative estimate of drug-likeness (QED) is 0.621. The summed E-state index contributed by atoms with van der Waals surface area (Å²) in [5.41, 5.74) is 1.05. The number of rotatable bonds is 7. The molecule has 0 saturated carbocycles. The Balaban J connectivity index is 2.26. The zero-order chi connectivity index (χ0) is 15.8. The van der Waals surface area contributed by atoms with Crippen molar-refractivity contribution in [3.8, 4) is 5.75 Å². The molecule has 0 aromatic heterocycles. The highest BCUT2D eigenvalue weighted by Crippen LogP contribution is 2.11. The van der Waals surface area contributed by atoms with Gasteiger partial charge in [-0.3, -0.25) is 0 Å². The molecule has 21 heavy (non-hydrogen) atoms. The second kappa shape index (κ2) is 8.52. The minimum atomic E-state index is -0.389. The van der Waals surface area contributed by atoms with Crippen molar-refractivity contribution < 1.29 is 15.0 Å². The molecule has 1 aromatic carbocycles. The van der Waals surface area contributed by atoms with E-state index in [4.69, 9.17) is 0 Å². The van der Waals surface area contributed by atoms with Crippen molar-refractivity contribution in [3.05, 3.63) is 29.8 Å². The highest BCUT2D eigenvalue weighted by Gasteiger charge is 2.11. The highest BCUT2D eigenvalue weighted by molar-refractivity contribution is 5.74. The lowest BCUT2D eigenvalue weighted by Crippen LogP contribution is -2.42. The van der Waals surface area contributed by atoms with Crippen LogP contribution in [-0.4, -0.2) is 34.9 Å². The van der Waals surface area contributed by atoms with Crippen LogP contribution in [-0.2, 0) is 6.42 Å². The number of aromatic hydroxyl groups is 1. The smallest absolute Gasteiger partial charge is 0.315 e. The zero-order valence-electron chi connectivity index (χ0n) is 13.0. The summed E-state index contributed by atoms with van der Waals surface area (Å²) in [5.74, 6) is 0.434. The molecule has 0 fully saturated rings. The van der Waals surface area contributed by atoms with Gasteiger partial charge in [0, 0.05) is 12.6 Å². The number of carbonyl (C=O) groups excluding carboxylic acids is 1. The Hall–Kier alpha value is -1.75. The molecule has 1 rings (SSSR count). The first kappa shape index (κ1) is 17.3. The Morgan fingerprint density at radius 2 is 1.81 bits per heavy atom. The lowest BCUT2D eigenvalue weighted by atomic mass is 10.0. The van der Waals surface area contributed by atoms with Gasteiger partial charge in [-0.2, -0.15) is 0 Å². The number of nitrogens with one attached hydrogen (secondary N) is 2. The van der Waals surface area contributed by atoms with Crippen LogP contribution < -0.4 is 10.6 Å². The van der Waals surface area contributed by atoms with Crippen molar-refractivity contribution >= 4 is 6.03 Å². The third-order valence-corrected chi connectivity index (χ3v) is 3.35. The van der Waals surface area contributed by atoms with Crippen LogP contribution >= 0.6 is 0 Å². The normalized spacial score (nSPS) is 13.8. The number of aliphatic hydroxyl groups excluding tert-OH is 1. The summed E-state index contributed by atoms with van der Waals surface area (Å²) in [6.45, 7) is 6.28. The number of amides is 2. The van der Waals surface area contributed by atoms with Crippen LogP contribution in [0.1, 0.15) is 32.8 Å². The fourth-order valence-electron chi connectivity index (χ4n) is 1.98. The lowest BCUT2D eigenvalue weighted by molar-refractivity contribution is 0.116. The zero-order valence-corrected chi connectivity index (χ0v) is 13.0. The van der Waals surface area contributed by atoms with E-state index in [1.165, 1.54) is 0 Å². The van der Waals surface area contributed by atoms with Crippen LogP contribution in [0.3, 0.4) is 0 Å². The minimum Gasteiger partial charge on any atom is -0.508 e. The average molecular weight is 294 g/mol. The van der Waals surface area contributed by atoms with Crippen LogP contribution in [0.5, 0.6) is 5.75 Å². The molecule has 0 heterocycles. The van der Waals surface area contributed by atoms with Crippen LogP contribution in [0.2, 0.25) is 0 Å². The predicted molar refractivity (Wildman–Crippen MR) is 83.3 cm³/mol. The van der Waals surface area contributed by atoms with Gasteiger partial charge in [-0.25, -0.2) is 4.79 Å². The number of hydrogen-bond acceptors (Lipinski definition) is 3. The summed E-state index contributed by atoms with van der Waals surface area (Å²) in [7, 11) is 0. The summed E-state index contributed by atoms with van der Waals surface area (Å²) in [6.07, 6.45) is 0.861. The molecule has 0 saturated heterocycles. The first-order chi connectivity index (χ1) is 9.88. The second-order valence-electron chi connectivity index (χ2n) is 5.77. The molecule has 4 N–H and O–H groups in total.